The van der Waals surface area contributed by atoms with E-state index in [-0.39, 0.29) is 17.9 Å². The van der Waals surface area contributed by atoms with Crippen LogP contribution < -0.4 is 5.32 Å². The summed E-state index contributed by atoms with van der Waals surface area (Å²) in [6, 6.07) is 0.0906. The highest BCUT2D eigenvalue weighted by molar-refractivity contribution is 6.01. The highest BCUT2D eigenvalue weighted by Gasteiger charge is 2.51. The summed E-state index contributed by atoms with van der Waals surface area (Å²) in [5.74, 6) is -0.0758. The number of hydrogen-bond acceptors (Lipinski definition) is 2. The summed E-state index contributed by atoms with van der Waals surface area (Å²) in [5, 5.41) is 2.79. The van der Waals surface area contributed by atoms with Gasteiger partial charge in [-0.1, -0.05) is 13.3 Å². The third-order valence-electron chi connectivity index (χ3n) is 3.48. The molecule has 1 heterocycles. The summed E-state index contributed by atoms with van der Waals surface area (Å²) in [6.07, 6.45) is 1.92. The number of amides is 2. The normalized spacial score (nSPS) is 24.5. The van der Waals surface area contributed by atoms with E-state index in [0.29, 0.717) is 0 Å². The minimum Gasteiger partial charge on any atom is -0.340 e. The van der Waals surface area contributed by atoms with Crippen LogP contribution in [0.3, 0.4) is 0 Å². The molecule has 1 saturated heterocycles. The van der Waals surface area contributed by atoms with Gasteiger partial charge in [0.1, 0.15) is 11.1 Å². The number of carbonyl (C=O) groups is 2. The van der Waals surface area contributed by atoms with Gasteiger partial charge in [0, 0.05) is 6.04 Å². The molecular formula is C13H24N2O2. The van der Waals surface area contributed by atoms with Crippen molar-refractivity contribution in [1.29, 1.82) is 0 Å². The maximum absolute atomic E-state index is 12.4. The van der Waals surface area contributed by atoms with Crippen LogP contribution in [0.4, 0.5) is 0 Å². The molecule has 0 aromatic carbocycles. The first kappa shape index (κ1) is 14.0. The van der Waals surface area contributed by atoms with E-state index in [1.807, 2.05) is 20.8 Å². The van der Waals surface area contributed by atoms with Crippen molar-refractivity contribution in [3.05, 3.63) is 0 Å². The molecule has 2 amide bonds. The molecule has 0 radical (unpaired) electrons. The van der Waals surface area contributed by atoms with E-state index in [0.717, 1.165) is 12.8 Å². The monoisotopic (exact) mass is 240 g/mol. The van der Waals surface area contributed by atoms with Gasteiger partial charge in [-0.25, -0.2) is 0 Å². The highest BCUT2D eigenvalue weighted by atomic mass is 16.2. The van der Waals surface area contributed by atoms with Gasteiger partial charge in [0.25, 0.3) is 0 Å². The lowest BCUT2D eigenvalue weighted by atomic mass is 9.87. The molecular weight excluding hydrogens is 216 g/mol. The molecule has 1 N–H and O–H groups in total. The number of hydrogen-bond donors (Lipinski definition) is 1. The minimum absolute atomic E-state index is 0.00282. The fraction of sp³-hybridized carbons (Fsp3) is 0.846. The van der Waals surface area contributed by atoms with Crippen molar-refractivity contribution in [3.63, 3.8) is 0 Å². The molecule has 1 fully saturated rings. The molecule has 0 saturated carbocycles. The molecule has 1 atom stereocenters. The zero-order valence-electron chi connectivity index (χ0n) is 11.8. The predicted octanol–water partition coefficient (Wildman–Crippen LogP) is 1.69. The standard InChI is InChI=1S/C13H24N2O2/c1-7-8-9(2)15-11(17)12(3,4)14-10(16)13(15,5)6/h9H,7-8H2,1-6H3,(H,14,16). The SMILES string of the molecule is CCCC(C)N1C(=O)C(C)(C)NC(=O)C1(C)C. The fourth-order valence-corrected chi connectivity index (χ4v) is 2.45. The Morgan fingerprint density at radius 3 is 2.24 bits per heavy atom. The van der Waals surface area contributed by atoms with Gasteiger partial charge in [-0.15, -0.1) is 0 Å². The quantitative estimate of drug-likeness (QED) is 0.816. The van der Waals surface area contributed by atoms with Gasteiger partial charge in [0.2, 0.25) is 11.8 Å². The second-order valence-electron chi connectivity index (χ2n) is 5.95. The summed E-state index contributed by atoms with van der Waals surface area (Å²) < 4.78 is 0. The van der Waals surface area contributed by atoms with Crippen molar-refractivity contribution in [2.24, 2.45) is 0 Å². The summed E-state index contributed by atoms with van der Waals surface area (Å²) in [5.41, 5.74) is -1.56. The predicted molar refractivity (Wildman–Crippen MR) is 67.5 cm³/mol. The molecule has 1 aliphatic heterocycles. The highest BCUT2D eigenvalue weighted by Crippen LogP contribution is 2.29. The Kier molecular flexibility index (Phi) is 3.55. The zero-order chi connectivity index (χ0) is 13.4. The number of rotatable bonds is 3. The molecule has 0 aromatic heterocycles. The van der Waals surface area contributed by atoms with Gasteiger partial charge in [-0.05, 0) is 41.0 Å². The van der Waals surface area contributed by atoms with Crippen LogP contribution in [-0.2, 0) is 9.59 Å². The molecule has 0 aliphatic carbocycles. The number of piperazine rings is 1. The summed E-state index contributed by atoms with van der Waals surface area (Å²) in [7, 11) is 0. The second-order valence-corrected chi connectivity index (χ2v) is 5.95. The topological polar surface area (TPSA) is 49.4 Å². The van der Waals surface area contributed by atoms with E-state index in [4.69, 9.17) is 0 Å². The second kappa shape index (κ2) is 4.31. The largest absolute Gasteiger partial charge is 0.340 e. The molecule has 0 aromatic rings. The first-order chi connectivity index (χ1) is 7.64. The molecule has 1 unspecified atom stereocenters. The molecule has 4 nitrogen and oxygen atoms in total. The van der Waals surface area contributed by atoms with E-state index in [2.05, 4.69) is 12.2 Å². The Labute approximate surface area is 104 Å². The van der Waals surface area contributed by atoms with Crippen LogP contribution in [0.25, 0.3) is 0 Å². The Morgan fingerprint density at radius 1 is 1.24 bits per heavy atom. The molecule has 0 spiro atoms. The van der Waals surface area contributed by atoms with E-state index in [9.17, 15) is 9.59 Å². The van der Waals surface area contributed by atoms with Crippen molar-refractivity contribution >= 4 is 11.8 Å². The van der Waals surface area contributed by atoms with Crippen molar-refractivity contribution in [1.82, 2.24) is 10.2 Å². The van der Waals surface area contributed by atoms with E-state index in [1.165, 1.54) is 0 Å². The lowest BCUT2D eigenvalue weighted by molar-refractivity contribution is -0.162. The molecule has 98 valence electrons. The lowest BCUT2D eigenvalue weighted by Gasteiger charge is -2.50. The van der Waals surface area contributed by atoms with Crippen LogP contribution in [0.1, 0.15) is 54.4 Å². The number of nitrogens with zero attached hydrogens (tertiary/aromatic N) is 1. The van der Waals surface area contributed by atoms with Gasteiger partial charge < -0.3 is 10.2 Å². The Hall–Kier alpha value is -1.06. The van der Waals surface area contributed by atoms with Gasteiger partial charge in [-0.3, -0.25) is 9.59 Å². The third kappa shape index (κ3) is 2.31. The average molecular weight is 240 g/mol. The van der Waals surface area contributed by atoms with E-state index in [1.54, 1.807) is 18.7 Å². The first-order valence-electron chi connectivity index (χ1n) is 6.31. The van der Waals surface area contributed by atoms with Crippen molar-refractivity contribution in [2.45, 2.75) is 71.5 Å². The minimum atomic E-state index is -0.797. The summed E-state index contributed by atoms with van der Waals surface area (Å²) >= 11 is 0. The summed E-state index contributed by atoms with van der Waals surface area (Å²) in [6.45, 7) is 11.2. The first-order valence-corrected chi connectivity index (χ1v) is 6.31. The number of carbonyl (C=O) groups excluding carboxylic acids is 2. The van der Waals surface area contributed by atoms with Crippen molar-refractivity contribution in [2.75, 3.05) is 0 Å². The van der Waals surface area contributed by atoms with Gasteiger partial charge in [0.05, 0.1) is 0 Å². The van der Waals surface area contributed by atoms with Crippen molar-refractivity contribution < 1.29 is 9.59 Å². The van der Waals surface area contributed by atoms with Crippen LogP contribution in [0.2, 0.25) is 0 Å². The van der Waals surface area contributed by atoms with Gasteiger partial charge in [-0.2, -0.15) is 0 Å². The zero-order valence-corrected chi connectivity index (χ0v) is 11.8. The van der Waals surface area contributed by atoms with Crippen molar-refractivity contribution in [3.8, 4) is 0 Å². The molecule has 0 bridgehead atoms. The van der Waals surface area contributed by atoms with Crippen LogP contribution in [0, 0.1) is 0 Å². The Morgan fingerprint density at radius 2 is 1.76 bits per heavy atom. The average Bonchev–Trinajstić information content (AvgIpc) is 2.15. The molecule has 4 heteroatoms. The Balaban J connectivity index is 3.11. The fourth-order valence-electron chi connectivity index (χ4n) is 2.45. The maximum atomic E-state index is 12.4. The van der Waals surface area contributed by atoms with Crippen LogP contribution >= 0.6 is 0 Å². The van der Waals surface area contributed by atoms with E-state index < -0.39 is 11.1 Å². The van der Waals surface area contributed by atoms with Crippen LogP contribution in [0.5, 0.6) is 0 Å². The van der Waals surface area contributed by atoms with E-state index >= 15 is 0 Å². The maximum Gasteiger partial charge on any atom is 0.248 e. The van der Waals surface area contributed by atoms with Crippen LogP contribution in [-0.4, -0.2) is 33.8 Å². The molecule has 1 rings (SSSR count). The molecule has 1 aliphatic rings. The molecule has 17 heavy (non-hydrogen) atoms. The smallest absolute Gasteiger partial charge is 0.248 e. The third-order valence-corrected chi connectivity index (χ3v) is 3.48. The van der Waals surface area contributed by atoms with Crippen LogP contribution in [0.15, 0.2) is 0 Å². The lowest BCUT2D eigenvalue weighted by Crippen LogP contribution is -2.73. The Bertz CT molecular complexity index is 334. The number of nitrogens with one attached hydrogen (secondary N) is 1. The summed E-state index contributed by atoms with van der Waals surface area (Å²) in [4.78, 5) is 26.3. The van der Waals surface area contributed by atoms with Gasteiger partial charge >= 0.3 is 0 Å². The van der Waals surface area contributed by atoms with Gasteiger partial charge in [0.15, 0.2) is 0 Å².